The van der Waals surface area contributed by atoms with Crippen LogP contribution >= 0.6 is 0 Å². The van der Waals surface area contributed by atoms with E-state index >= 15 is 0 Å². The lowest BCUT2D eigenvalue weighted by atomic mass is 9.96. The normalized spacial score (nSPS) is 11.9. The molecule has 0 spiro atoms. The smallest absolute Gasteiger partial charge is 0.123 e. The fraction of sp³-hybridized carbons (Fsp3) is 0.235. The molecule has 0 aliphatic carbocycles. The van der Waals surface area contributed by atoms with E-state index in [4.69, 9.17) is 4.74 Å². The molecule has 3 nitrogen and oxygen atoms in total. The summed E-state index contributed by atoms with van der Waals surface area (Å²) >= 11 is 0. The topological polar surface area (TPSA) is 49.4 Å². The molecule has 0 fully saturated rings. The molecule has 2 rings (SSSR count). The number of hydrogen-bond acceptors (Lipinski definition) is 3. The van der Waals surface area contributed by atoms with Crippen molar-refractivity contribution in [1.82, 2.24) is 0 Å². The molecule has 0 amide bonds. The van der Waals surface area contributed by atoms with Crippen molar-refractivity contribution in [3.63, 3.8) is 0 Å². The number of carbonyl (C=O) groups is 1. The first-order valence-corrected chi connectivity index (χ1v) is 6.56. The summed E-state index contributed by atoms with van der Waals surface area (Å²) in [7, 11) is 0. The zero-order chi connectivity index (χ0) is 14.5. The van der Waals surface area contributed by atoms with Crippen molar-refractivity contribution < 1.29 is 14.6 Å². The van der Waals surface area contributed by atoms with Crippen LogP contribution in [0.2, 0.25) is 0 Å². The molecule has 0 aliphatic heterocycles. The number of aliphatic carboxylic acids is 1. The zero-order valence-corrected chi connectivity index (χ0v) is 11.6. The third-order valence-electron chi connectivity index (χ3n) is 3.38. The molecule has 0 saturated carbocycles. The molecule has 2 aromatic rings. The minimum absolute atomic E-state index is 0.463. The van der Waals surface area contributed by atoms with Crippen LogP contribution in [0.25, 0.3) is 0 Å². The van der Waals surface area contributed by atoms with Crippen LogP contribution in [0.4, 0.5) is 0 Å². The Bertz CT molecular complexity index is 590. The fourth-order valence-electron chi connectivity index (χ4n) is 2.12. The molecule has 1 unspecified atom stereocenters. The number of rotatable bonds is 5. The van der Waals surface area contributed by atoms with Crippen LogP contribution in [0, 0.1) is 6.92 Å². The van der Waals surface area contributed by atoms with Gasteiger partial charge in [0.1, 0.15) is 12.4 Å². The van der Waals surface area contributed by atoms with Crippen LogP contribution in [-0.2, 0) is 11.4 Å². The van der Waals surface area contributed by atoms with Gasteiger partial charge in [0.2, 0.25) is 0 Å². The van der Waals surface area contributed by atoms with E-state index in [0.717, 1.165) is 16.7 Å². The number of carboxylic acid groups (broad SMARTS) is 1. The first kappa shape index (κ1) is 14.1. The Morgan fingerprint density at radius 1 is 1.15 bits per heavy atom. The van der Waals surface area contributed by atoms with Crippen molar-refractivity contribution in [1.29, 1.82) is 0 Å². The summed E-state index contributed by atoms with van der Waals surface area (Å²) in [5.74, 6) is -1.01. The Kier molecular flexibility index (Phi) is 4.41. The Labute approximate surface area is 118 Å². The second kappa shape index (κ2) is 6.24. The van der Waals surface area contributed by atoms with Gasteiger partial charge in [0.15, 0.2) is 0 Å². The maximum atomic E-state index is 11.0. The molecule has 20 heavy (non-hydrogen) atoms. The van der Waals surface area contributed by atoms with E-state index in [1.165, 1.54) is 0 Å². The third-order valence-corrected chi connectivity index (χ3v) is 3.38. The van der Waals surface area contributed by atoms with Gasteiger partial charge in [-0.1, -0.05) is 49.4 Å². The molecule has 2 aromatic carbocycles. The highest BCUT2D eigenvalue weighted by molar-refractivity contribution is 5.74. The van der Waals surface area contributed by atoms with Gasteiger partial charge in [-0.25, -0.2) is 0 Å². The van der Waals surface area contributed by atoms with E-state index in [0.29, 0.717) is 12.4 Å². The van der Waals surface area contributed by atoms with E-state index in [1.54, 1.807) is 13.0 Å². The van der Waals surface area contributed by atoms with E-state index in [-0.39, 0.29) is 0 Å². The van der Waals surface area contributed by atoms with Crippen LogP contribution < -0.4 is 9.84 Å². The molecule has 0 aromatic heterocycles. The Balaban J connectivity index is 2.17. The predicted octanol–water partition coefficient (Wildman–Crippen LogP) is 2.43. The van der Waals surface area contributed by atoms with Gasteiger partial charge in [0, 0.05) is 11.9 Å². The summed E-state index contributed by atoms with van der Waals surface area (Å²) in [6.45, 7) is 3.96. The lowest BCUT2D eigenvalue weighted by molar-refractivity contribution is -0.307. The van der Waals surface area contributed by atoms with Gasteiger partial charge in [-0.3, -0.25) is 0 Å². The van der Waals surface area contributed by atoms with Crippen LogP contribution in [0.15, 0.2) is 48.5 Å². The largest absolute Gasteiger partial charge is 0.550 e. The number of carbonyl (C=O) groups excluding carboxylic acids is 1. The van der Waals surface area contributed by atoms with Crippen LogP contribution in [0.3, 0.4) is 0 Å². The van der Waals surface area contributed by atoms with Crippen LogP contribution in [-0.4, -0.2) is 5.97 Å². The summed E-state index contributed by atoms with van der Waals surface area (Å²) in [5, 5.41) is 11.0. The van der Waals surface area contributed by atoms with E-state index in [2.05, 4.69) is 0 Å². The average molecular weight is 269 g/mol. The van der Waals surface area contributed by atoms with Crippen molar-refractivity contribution in [2.24, 2.45) is 0 Å². The van der Waals surface area contributed by atoms with E-state index < -0.39 is 11.9 Å². The maximum Gasteiger partial charge on any atom is 0.123 e. The fourth-order valence-corrected chi connectivity index (χ4v) is 2.12. The average Bonchev–Trinajstić information content (AvgIpc) is 2.46. The first-order chi connectivity index (χ1) is 9.59. The standard InChI is InChI=1S/C17H18O3/c1-12-15(13(2)17(18)19)9-6-10-16(12)20-11-14-7-4-3-5-8-14/h3-10,13H,11H2,1-2H3,(H,18,19)/p-1. The molecule has 104 valence electrons. The van der Waals surface area contributed by atoms with Gasteiger partial charge in [-0.05, 0) is 29.7 Å². The Morgan fingerprint density at radius 2 is 1.85 bits per heavy atom. The van der Waals surface area contributed by atoms with Gasteiger partial charge in [-0.2, -0.15) is 0 Å². The predicted molar refractivity (Wildman–Crippen MR) is 75.4 cm³/mol. The lowest BCUT2D eigenvalue weighted by Crippen LogP contribution is -2.28. The van der Waals surface area contributed by atoms with Gasteiger partial charge in [0.05, 0.1) is 0 Å². The van der Waals surface area contributed by atoms with Gasteiger partial charge in [0.25, 0.3) is 0 Å². The van der Waals surface area contributed by atoms with Crippen LogP contribution in [0.5, 0.6) is 5.75 Å². The molecular formula is C17H17O3-. The molecule has 3 heteroatoms. The third kappa shape index (κ3) is 3.18. The monoisotopic (exact) mass is 269 g/mol. The van der Waals surface area contributed by atoms with E-state index in [9.17, 15) is 9.90 Å². The molecular weight excluding hydrogens is 252 g/mol. The summed E-state index contributed by atoms with van der Waals surface area (Å²) in [6.07, 6.45) is 0. The molecule has 1 atom stereocenters. The highest BCUT2D eigenvalue weighted by Gasteiger charge is 2.12. The quantitative estimate of drug-likeness (QED) is 0.837. The van der Waals surface area contributed by atoms with Crippen molar-refractivity contribution >= 4 is 5.97 Å². The molecule has 0 heterocycles. The summed E-state index contributed by atoms with van der Waals surface area (Å²) in [6, 6.07) is 15.3. The molecule has 0 aliphatic rings. The molecule has 0 saturated heterocycles. The zero-order valence-electron chi connectivity index (χ0n) is 11.6. The highest BCUT2D eigenvalue weighted by Crippen LogP contribution is 2.27. The first-order valence-electron chi connectivity index (χ1n) is 6.56. The second-order valence-corrected chi connectivity index (χ2v) is 4.79. The van der Waals surface area contributed by atoms with E-state index in [1.807, 2.05) is 49.4 Å². The van der Waals surface area contributed by atoms with Crippen molar-refractivity contribution in [3.05, 3.63) is 65.2 Å². The summed E-state index contributed by atoms with van der Waals surface area (Å²) < 4.78 is 5.78. The van der Waals surface area contributed by atoms with Gasteiger partial charge < -0.3 is 14.6 Å². The second-order valence-electron chi connectivity index (χ2n) is 4.79. The molecule has 0 N–H and O–H groups in total. The van der Waals surface area contributed by atoms with Gasteiger partial charge in [-0.15, -0.1) is 0 Å². The number of ether oxygens (including phenoxy) is 1. The van der Waals surface area contributed by atoms with Crippen molar-refractivity contribution in [2.75, 3.05) is 0 Å². The SMILES string of the molecule is Cc1c(OCc2ccccc2)cccc1C(C)C(=O)[O-]. The lowest BCUT2D eigenvalue weighted by Gasteiger charge is -2.18. The van der Waals surface area contributed by atoms with Crippen LogP contribution in [0.1, 0.15) is 29.5 Å². The van der Waals surface area contributed by atoms with Crippen molar-refractivity contribution in [3.8, 4) is 5.75 Å². The summed E-state index contributed by atoms with van der Waals surface area (Å²) in [4.78, 5) is 11.0. The number of benzene rings is 2. The molecule has 0 bridgehead atoms. The number of carboxylic acids is 1. The number of hydrogen-bond donors (Lipinski definition) is 0. The highest BCUT2D eigenvalue weighted by atomic mass is 16.5. The Morgan fingerprint density at radius 3 is 2.50 bits per heavy atom. The minimum Gasteiger partial charge on any atom is -0.550 e. The maximum absolute atomic E-state index is 11.0. The van der Waals surface area contributed by atoms with Crippen molar-refractivity contribution in [2.45, 2.75) is 26.4 Å². The Hall–Kier alpha value is -2.29. The van der Waals surface area contributed by atoms with Gasteiger partial charge >= 0.3 is 0 Å². The summed E-state index contributed by atoms with van der Waals surface area (Å²) in [5.41, 5.74) is 2.65. The minimum atomic E-state index is -1.08. The molecule has 0 radical (unpaired) electrons.